The maximum Gasteiger partial charge on any atom is 0.319 e. The average molecular weight is 237 g/mol. The largest absolute Gasteiger partial charge is 0.480 e. The van der Waals surface area contributed by atoms with Gasteiger partial charge in [0, 0.05) is 5.70 Å². The van der Waals surface area contributed by atoms with Crippen molar-refractivity contribution in [1.29, 1.82) is 0 Å². The molecule has 0 aromatic carbocycles. The number of aliphatic carboxylic acids is 1. The summed E-state index contributed by atoms with van der Waals surface area (Å²) in [6.45, 7) is 11.0. The molecular weight excluding hydrogens is 218 g/mol. The monoisotopic (exact) mass is 237 g/mol. The zero-order valence-corrected chi connectivity index (χ0v) is 10.3. The zero-order chi connectivity index (χ0) is 13.5. The molecule has 1 saturated carbocycles. The molecule has 0 aliphatic heterocycles. The van der Waals surface area contributed by atoms with Crippen LogP contribution in [0.2, 0.25) is 0 Å². The van der Waals surface area contributed by atoms with Crippen molar-refractivity contribution in [3.63, 3.8) is 0 Å². The van der Waals surface area contributed by atoms with E-state index in [2.05, 4.69) is 18.5 Å². The van der Waals surface area contributed by atoms with Gasteiger partial charge < -0.3 is 10.4 Å². The van der Waals surface area contributed by atoms with Crippen LogP contribution in [0.5, 0.6) is 0 Å². The molecule has 0 spiro atoms. The van der Waals surface area contributed by atoms with Crippen molar-refractivity contribution in [1.82, 2.24) is 5.32 Å². The van der Waals surface area contributed by atoms with Crippen LogP contribution in [-0.2, 0) is 9.59 Å². The number of carboxylic acid groups (broad SMARTS) is 1. The number of hydrogen-bond acceptors (Lipinski definition) is 2. The van der Waals surface area contributed by atoms with Crippen LogP contribution in [0.1, 0.15) is 26.7 Å². The van der Waals surface area contributed by atoms with Crippen LogP contribution in [0.4, 0.5) is 0 Å². The second-order valence-corrected chi connectivity index (χ2v) is 3.40. The van der Waals surface area contributed by atoms with Gasteiger partial charge in [0.15, 0.2) is 0 Å². The van der Waals surface area contributed by atoms with Crippen LogP contribution in [-0.4, -0.2) is 17.0 Å². The molecule has 0 radical (unpaired) electrons. The standard InChI is InChI=1S/C11H13NO3.C2H6/c1-3-5-8(4-2)12-9(13)11(6-7-11)10(14)15;1-2/h3-5H,1-2,6-7H2,(H,12,13)(H,14,15);1-2H3/b8-5+;. The lowest BCUT2D eigenvalue weighted by molar-refractivity contribution is -0.148. The smallest absolute Gasteiger partial charge is 0.319 e. The molecule has 2 N–H and O–H groups in total. The number of carbonyl (C=O) groups excluding carboxylic acids is 1. The predicted molar refractivity (Wildman–Crippen MR) is 67.3 cm³/mol. The normalized spacial score (nSPS) is 16.0. The second-order valence-electron chi connectivity index (χ2n) is 3.40. The molecule has 17 heavy (non-hydrogen) atoms. The highest BCUT2D eigenvalue weighted by Crippen LogP contribution is 2.46. The van der Waals surface area contributed by atoms with Crippen molar-refractivity contribution in [2.45, 2.75) is 26.7 Å². The van der Waals surface area contributed by atoms with Crippen LogP contribution >= 0.6 is 0 Å². The van der Waals surface area contributed by atoms with Gasteiger partial charge in [0.1, 0.15) is 5.41 Å². The second kappa shape index (κ2) is 6.68. The molecule has 1 fully saturated rings. The van der Waals surface area contributed by atoms with Gasteiger partial charge in [-0.05, 0) is 25.0 Å². The Bertz CT molecular complexity index is 352. The maximum absolute atomic E-state index is 11.6. The predicted octanol–water partition coefficient (Wildman–Crippen LogP) is 2.25. The molecule has 0 bridgehead atoms. The first-order chi connectivity index (χ1) is 8.06. The molecule has 1 rings (SSSR count). The lowest BCUT2D eigenvalue weighted by Gasteiger charge is -2.10. The Hall–Kier alpha value is -1.84. The molecule has 1 amide bonds. The van der Waals surface area contributed by atoms with Gasteiger partial charge in [-0.15, -0.1) is 0 Å². The van der Waals surface area contributed by atoms with Crippen molar-refractivity contribution in [3.8, 4) is 0 Å². The van der Waals surface area contributed by atoms with Crippen molar-refractivity contribution >= 4 is 11.9 Å². The molecule has 0 saturated heterocycles. The van der Waals surface area contributed by atoms with Gasteiger partial charge in [-0.3, -0.25) is 9.59 Å². The minimum atomic E-state index is -1.22. The van der Waals surface area contributed by atoms with Gasteiger partial charge in [-0.1, -0.05) is 33.1 Å². The molecule has 94 valence electrons. The summed E-state index contributed by atoms with van der Waals surface area (Å²) in [4.78, 5) is 22.4. The molecule has 0 heterocycles. The number of carbonyl (C=O) groups is 2. The van der Waals surface area contributed by atoms with Gasteiger partial charge in [0.2, 0.25) is 5.91 Å². The minimum absolute atomic E-state index is 0.396. The third kappa shape index (κ3) is 3.59. The molecule has 4 heteroatoms. The van der Waals surface area contributed by atoms with Crippen LogP contribution in [0.15, 0.2) is 37.1 Å². The minimum Gasteiger partial charge on any atom is -0.480 e. The van der Waals surface area contributed by atoms with E-state index in [1.807, 2.05) is 13.8 Å². The number of hydrogen-bond donors (Lipinski definition) is 2. The molecule has 0 aromatic heterocycles. The van der Waals surface area contributed by atoms with E-state index in [1.165, 1.54) is 12.2 Å². The Balaban J connectivity index is 0.00000121. The number of allylic oxidation sites excluding steroid dienone is 3. The first kappa shape index (κ1) is 15.2. The topological polar surface area (TPSA) is 66.4 Å². The Kier molecular flexibility index (Phi) is 5.96. The molecule has 4 nitrogen and oxygen atoms in total. The highest BCUT2D eigenvalue weighted by Gasteiger charge is 2.57. The highest BCUT2D eigenvalue weighted by molar-refractivity contribution is 6.05. The van der Waals surface area contributed by atoms with E-state index >= 15 is 0 Å². The van der Waals surface area contributed by atoms with Gasteiger partial charge in [-0.25, -0.2) is 0 Å². The molecular formula is C13H19NO3. The summed E-state index contributed by atoms with van der Waals surface area (Å²) in [5.41, 5.74) is -0.758. The van der Waals surface area contributed by atoms with Crippen molar-refractivity contribution in [3.05, 3.63) is 37.1 Å². The zero-order valence-electron chi connectivity index (χ0n) is 10.3. The molecule has 0 atom stereocenters. The number of carboxylic acids is 1. The van der Waals surface area contributed by atoms with Gasteiger partial charge >= 0.3 is 5.97 Å². The van der Waals surface area contributed by atoms with E-state index in [9.17, 15) is 9.59 Å². The number of amides is 1. The molecule has 0 aromatic rings. The molecule has 0 unspecified atom stereocenters. The maximum atomic E-state index is 11.6. The summed E-state index contributed by atoms with van der Waals surface area (Å²) in [7, 11) is 0. The van der Waals surface area contributed by atoms with Gasteiger partial charge in [0.25, 0.3) is 0 Å². The first-order valence-corrected chi connectivity index (χ1v) is 5.57. The van der Waals surface area contributed by atoms with Crippen molar-refractivity contribution in [2.75, 3.05) is 0 Å². The summed E-state index contributed by atoms with van der Waals surface area (Å²) in [6.07, 6.45) is 5.29. The van der Waals surface area contributed by atoms with E-state index in [1.54, 1.807) is 6.08 Å². The fourth-order valence-corrected chi connectivity index (χ4v) is 1.20. The SMILES string of the molecule is C=C/C=C(\C=C)NC(=O)C1(C(=O)O)CC1.CC. The Morgan fingerprint density at radius 2 is 1.82 bits per heavy atom. The number of rotatable bonds is 5. The average Bonchev–Trinajstić information content (AvgIpc) is 3.12. The Labute approximate surface area is 102 Å². The Morgan fingerprint density at radius 1 is 1.29 bits per heavy atom. The van der Waals surface area contributed by atoms with E-state index in [0.717, 1.165) is 0 Å². The van der Waals surface area contributed by atoms with Crippen molar-refractivity contribution in [2.24, 2.45) is 5.41 Å². The molecule has 1 aliphatic rings. The van der Waals surface area contributed by atoms with E-state index in [4.69, 9.17) is 5.11 Å². The lowest BCUT2D eigenvalue weighted by Crippen LogP contribution is -2.36. The van der Waals surface area contributed by atoms with Crippen LogP contribution in [0.25, 0.3) is 0 Å². The summed E-state index contributed by atoms with van der Waals surface area (Å²) in [5, 5.41) is 11.4. The summed E-state index contributed by atoms with van der Waals surface area (Å²) < 4.78 is 0. The third-order valence-electron chi connectivity index (χ3n) is 2.37. The fourth-order valence-electron chi connectivity index (χ4n) is 1.20. The van der Waals surface area contributed by atoms with Gasteiger partial charge in [-0.2, -0.15) is 0 Å². The van der Waals surface area contributed by atoms with E-state index < -0.39 is 17.3 Å². The van der Waals surface area contributed by atoms with Crippen molar-refractivity contribution < 1.29 is 14.7 Å². The first-order valence-electron chi connectivity index (χ1n) is 5.57. The fraction of sp³-hybridized carbons (Fsp3) is 0.385. The molecule has 1 aliphatic carbocycles. The number of nitrogens with one attached hydrogen (secondary N) is 1. The van der Waals surface area contributed by atoms with Crippen LogP contribution in [0, 0.1) is 5.41 Å². The van der Waals surface area contributed by atoms with Crippen LogP contribution < -0.4 is 5.32 Å². The summed E-state index contributed by atoms with van der Waals surface area (Å²) in [6, 6.07) is 0. The van der Waals surface area contributed by atoms with E-state index in [-0.39, 0.29) is 0 Å². The quantitative estimate of drug-likeness (QED) is 0.569. The Morgan fingerprint density at radius 3 is 2.12 bits per heavy atom. The van der Waals surface area contributed by atoms with Gasteiger partial charge in [0.05, 0.1) is 0 Å². The lowest BCUT2D eigenvalue weighted by atomic mass is 10.1. The third-order valence-corrected chi connectivity index (χ3v) is 2.37. The summed E-state index contributed by atoms with van der Waals surface area (Å²) in [5.74, 6) is -1.55. The van der Waals surface area contributed by atoms with Crippen LogP contribution in [0.3, 0.4) is 0 Å². The highest BCUT2D eigenvalue weighted by atomic mass is 16.4. The van der Waals surface area contributed by atoms with E-state index in [0.29, 0.717) is 18.5 Å². The summed E-state index contributed by atoms with van der Waals surface area (Å²) >= 11 is 0.